The van der Waals surface area contributed by atoms with Crippen molar-refractivity contribution in [3.05, 3.63) is 17.3 Å². The largest absolute Gasteiger partial charge is 0.480 e. The van der Waals surface area contributed by atoms with Gasteiger partial charge in [0.15, 0.2) is 0 Å². The van der Waals surface area contributed by atoms with Crippen molar-refractivity contribution in [2.24, 2.45) is 0 Å². The molecule has 0 amide bonds. The third-order valence-corrected chi connectivity index (χ3v) is 2.54. The van der Waals surface area contributed by atoms with Crippen LogP contribution in [0.4, 0.5) is 0 Å². The quantitative estimate of drug-likeness (QED) is 0.794. The molecule has 0 aliphatic rings. The van der Waals surface area contributed by atoms with Gasteiger partial charge in [-0.1, -0.05) is 0 Å². The molecule has 0 bridgehead atoms. The van der Waals surface area contributed by atoms with Crippen molar-refractivity contribution < 1.29 is 14.2 Å². The molecule has 0 N–H and O–H groups in total. The van der Waals surface area contributed by atoms with Crippen molar-refractivity contribution in [1.82, 2.24) is 10.2 Å². The maximum absolute atomic E-state index is 5.76. The van der Waals surface area contributed by atoms with Gasteiger partial charge >= 0.3 is 0 Å². The highest BCUT2D eigenvalue weighted by Crippen LogP contribution is 2.22. The number of nitrogens with zero attached hydrogens (tertiary/aromatic N) is 2. The first-order chi connectivity index (χ1) is 8.87. The fourth-order valence-corrected chi connectivity index (χ4v) is 1.54. The van der Waals surface area contributed by atoms with Crippen LogP contribution in [0.25, 0.3) is 0 Å². The van der Waals surface area contributed by atoms with Gasteiger partial charge < -0.3 is 14.2 Å². The van der Waals surface area contributed by atoms with Gasteiger partial charge in [-0.2, -0.15) is 0 Å². The monoisotopic (exact) mass is 268 g/mol. The van der Waals surface area contributed by atoms with Crippen molar-refractivity contribution >= 4 is 0 Å². The molecule has 19 heavy (non-hydrogen) atoms. The topological polar surface area (TPSA) is 53.5 Å². The zero-order valence-electron chi connectivity index (χ0n) is 12.7. The highest BCUT2D eigenvalue weighted by Gasteiger charge is 2.16. The molecule has 0 fully saturated rings. The predicted molar refractivity (Wildman–Crippen MR) is 73.2 cm³/mol. The van der Waals surface area contributed by atoms with E-state index in [1.54, 1.807) is 7.11 Å². The van der Waals surface area contributed by atoms with Crippen LogP contribution in [0.15, 0.2) is 6.07 Å². The fourth-order valence-electron chi connectivity index (χ4n) is 1.54. The summed E-state index contributed by atoms with van der Waals surface area (Å²) in [5, 5.41) is 8.19. The van der Waals surface area contributed by atoms with Crippen LogP contribution >= 0.6 is 0 Å². The molecule has 0 spiro atoms. The fraction of sp³-hybridized carbons (Fsp3) is 0.714. The summed E-state index contributed by atoms with van der Waals surface area (Å²) in [6, 6.07) is 1.93. The number of aromatic nitrogens is 2. The van der Waals surface area contributed by atoms with Gasteiger partial charge in [0.2, 0.25) is 5.88 Å². The van der Waals surface area contributed by atoms with Gasteiger partial charge in [0.25, 0.3) is 0 Å². The summed E-state index contributed by atoms with van der Waals surface area (Å²) in [5.41, 5.74) is 1.46. The predicted octanol–water partition coefficient (Wildman–Crippen LogP) is 2.90. The Morgan fingerprint density at radius 3 is 2.47 bits per heavy atom. The second-order valence-electron chi connectivity index (χ2n) is 5.30. The molecule has 1 heterocycles. The van der Waals surface area contributed by atoms with Crippen LogP contribution in [0.5, 0.6) is 5.88 Å². The Balaban J connectivity index is 2.89. The molecule has 1 aromatic heterocycles. The molecule has 0 radical (unpaired) electrons. The SMILES string of the molecule is CCOC(C)c1cc(COC(C)(C)C)c(OC)nn1. The lowest BCUT2D eigenvalue weighted by molar-refractivity contribution is -0.0160. The van der Waals surface area contributed by atoms with Gasteiger partial charge in [0.1, 0.15) is 0 Å². The molecule has 0 saturated carbocycles. The summed E-state index contributed by atoms with van der Waals surface area (Å²) in [4.78, 5) is 0. The van der Waals surface area contributed by atoms with Crippen molar-refractivity contribution in [3.63, 3.8) is 0 Å². The van der Waals surface area contributed by atoms with Crippen LogP contribution in [0, 0.1) is 0 Å². The van der Waals surface area contributed by atoms with Gasteiger partial charge in [-0.25, -0.2) is 0 Å². The van der Waals surface area contributed by atoms with E-state index in [1.165, 1.54) is 0 Å². The lowest BCUT2D eigenvalue weighted by atomic mass is 10.1. The Hall–Kier alpha value is -1.20. The zero-order valence-corrected chi connectivity index (χ0v) is 12.7. The van der Waals surface area contributed by atoms with E-state index in [9.17, 15) is 0 Å². The molecular weight excluding hydrogens is 244 g/mol. The third-order valence-electron chi connectivity index (χ3n) is 2.54. The van der Waals surface area contributed by atoms with Gasteiger partial charge in [-0.05, 0) is 40.7 Å². The normalized spacial score (nSPS) is 13.4. The van der Waals surface area contributed by atoms with Crippen LogP contribution in [0.3, 0.4) is 0 Å². The van der Waals surface area contributed by atoms with E-state index in [1.807, 2.05) is 40.7 Å². The molecule has 0 aromatic carbocycles. The number of rotatable bonds is 6. The van der Waals surface area contributed by atoms with Gasteiger partial charge in [-0.15, -0.1) is 10.2 Å². The standard InChI is InChI=1S/C14H24N2O3/c1-7-18-10(2)12-8-11(9-19-14(3,4)5)13(17-6)16-15-12/h8,10H,7,9H2,1-6H3. The first-order valence-electron chi connectivity index (χ1n) is 6.53. The van der Waals surface area contributed by atoms with Gasteiger partial charge in [0.05, 0.1) is 31.1 Å². The van der Waals surface area contributed by atoms with E-state index in [-0.39, 0.29) is 11.7 Å². The summed E-state index contributed by atoms with van der Waals surface area (Å²) in [6.07, 6.45) is -0.0863. The van der Waals surface area contributed by atoms with E-state index in [4.69, 9.17) is 14.2 Å². The smallest absolute Gasteiger partial charge is 0.238 e. The van der Waals surface area contributed by atoms with Crippen LogP contribution in [-0.2, 0) is 16.1 Å². The minimum absolute atomic E-state index is 0.0863. The minimum Gasteiger partial charge on any atom is -0.480 e. The Morgan fingerprint density at radius 1 is 1.26 bits per heavy atom. The van der Waals surface area contributed by atoms with Crippen molar-refractivity contribution in [1.29, 1.82) is 0 Å². The van der Waals surface area contributed by atoms with E-state index < -0.39 is 0 Å². The molecule has 5 heteroatoms. The summed E-state index contributed by atoms with van der Waals surface area (Å²) < 4.78 is 16.5. The Kier molecular flexibility index (Phi) is 5.69. The highest BCUT2D eigenvalue weighted by atomic mass is 16.5. The first kappa shape index (κ1) is 15.9. The van der Waals surface area contributed by atoms with Crippen LogP contribution < -0.4 is 4.74 Å². The molecular formula is C14H24N2O3. The average molecular weight is 268 g/mol. The summed E-state index contributed by atoms with van der Waals surface area (Å²) in [5.74, 6) is 0.497. The van der Waals surface area contributed by atoms with Crippen molar-refractivity contribution in [2.45, 2.75) is 52.9 Å². The second kappa shape index (κ2) is 6.82. The van der Waals surface area contributed by atoms with Crippen LogP contribution in [0.2, 0.25) is 0 Å². The molecule has 0 aliphatic heterocycles. The Labute approximate surface area is 115 Å². The average Bonchev–Trinajstić information content (AvgIpc) is 2.35. The Bertz CT molecular complexity index is 402. The zero-order chi connectivity index (χ0) is 14.5. The molecule has 5 nitrogen and oxygen atoms in total. The molecule has 108 valence electrons. The molecule has 1 atom stereocenters. The number of methoxy groups -OCH3 is 1. The van der Waals surface area contributed by atoms with Crippen LogP contribution in [0.1, 0.15) is 52.0 Å². The number of ether oxygens (including phenoxy) is 3. The molecule has 1 aromatic rings. The third kappa shape index (κ3) is 5.12. The minimum atomic E-state index is -0.208. The molecule has 1 rings (SSSR count). The lowest BCUT2D eigenvalue weighted by Gasteiger charge is -2.20. The summed E-state index contributed by atoms with van der Waals surface area (Å²) >= 11 is 0. The van der Waals surface area contributed by atoms with Crippen LogP contribution in [-0.4, -0.2) is 29.5 Å². The lowest BCUT2D eigenvalue weighted by Crippen LogP contribution is -2.19. The van der Waals surface area contributed by atoms with Crippen molar-refractivity contribution in [3.8, 4) is 5.88 Å². The molecule has 0 saturated heterocycles. The number of hydrogen-bond acceptors (Lipinski definition) is 5. The summed E-state index contributed by atoms with van der Waals surface area (Å²) in [6.45, 7) is 11.0. The Morgan fingerprint density at radius 2 is 1.95 bits per heavy atom. The van der Waals surface area contributed by atoms with Gasteiger partial charge in [0, 0.05) is 12.2 Å². The van der Waals surface area contributed by atoms with E-state index in [0.29, 0.717) is 19.1 Å². The van der Waals surface area contributed by atoms with Gasteiger partial charge in [-0.3, -0.25) is 0 Å². The van der Waals surface area contributed by atoms with E-state index in [2.05, 4.69) is 10.2 Å². The second-order valence-corrected chi connectivity index (χ2v) is 5.30. The molecule has 1 unspecified atom stereocenters. The maximum Gasteiger partial charge on any atom is 0.238 e. The highest BCUT2D eigenvalue weighted by molar-refractivity contribution is 5.26. The van der Waals surface area contributed by atoms with E-state index in [0.717, 1.165) is 11.3 Å². The van der Waals surface area contributed by atoms with Crippen molar-refractivity contribution in [2.75, 3.05) is 13.7 Å². The summed E-state index contributed by atoms with van der Waals surface area (Å²) in [7, 11) is 1.58. The number of hydrogen-bond donors (Lipinski definition) is 0. The van der Waals surface area contributed by atoms with E-state index >= 15 is 0 Å². The molecule has 0 aliphatic carbocycles. The maximum atomic E-state index is 5.76. The first-order valence-corrected chi connectivity index (χ1v) is 6.53.